The van der Waals surface area contributed by atoms with Crippen LogP contribution < -0.4 is 22.9 Å². The van der Waals surface area contributed by atoms with Gasteiger partial charge in [0.25, 0.3) is 0 Å². The number of aliphatic imine (C=N–C) groups is 2. The number of unbranched alkanes of at least 4 members (excludes halogenated alkanes) is 29. The molecular weight excluding hydrogens is 1010 g/mol. The van der Waals surface area contributed by atoms with Crippen molar-refractivity contribution in [2.75, 3.05) is 13.1 Å². The lowest BCUT2D eigenvalue weighted by atomic mass is 9.83. The summed E-state index contributed by atoms with van der Waals surface area (Å²) in [7, 11) is 0. The average molecular weight is 1100 g/mol. The van der Waals surface area contributed by atoms with E-state index in [0.29, 0.717) is 67.8 Å². The number of carbonyl (C=O) groups is 3. The zero-order valence-electron chi connectivity index (χ0n) is 44.2. The first-order chi connectivity index (χ1) is 35.8. The minimum Gasteiger partial charge on any atom is -0.481 e. The van der Waals surface area contributed by atoms with Gasteiger partial charge in [-0.05, 0) is 43.5 Å². The molecule has 0 bridgehead atoms. The number of aliphatic carboxylic acids is 1. The molecule has 0 atom stereocenters. The van der Waals surface area contributed by atoms with Crippen molar-refractivity contribution in [3.05, 3.63) is 66.6 Å². The normalized spacial score (nSPS) is 12.4. The standard InChI is InChI=1S/C60H84Cl4N6O4/c1-2-3-4-5-6-7-8-9-10-13-16-19-22-25-28-31-34-69-57(65)40-36-44(61)51-53-46(63)38-42(59(67)73)50-43(60(68)74)39-47(64)54(56(50)53)52-45(62)37-41(49(40)55(51)52)58(66)70-35-32-29-26-23-20-17-14-11-12-15-18-21-24-27-30-33-48(71)72/h36-39H,2-35H2,1H3,(H2,65,69)(H2,66,70)(H2,67,73)(H2,68,74)(H,71,72). The zero-order chi connectivity index (χ0) is 53.4. The van der Waals surface area contributed by atoms with Crippen molar-refractivity contribution in [3.8, 4) is 0 Å². The number of nitrogens with two attached hydrogens (primary N) is 4. The number of fused-ring (bicyclic) bond motifs is 2. The molecule has 0 aliphatic heterocycles. The van der Waals surface area contributed by atoms with Crippen LogP contribution in [-0.2, 0) is 4.79 Å². The van der Waals surface area contributed by atoms with Crippen molar-refractivity contribution in [2.24, 2.45) is 32.9 Å². The molecule has 0 fully saturated rings. The Labute approximate surface area is 460 Å². The second-order valence-electron chi connectivity index (χ2n) is 20.6. The second kappa shape index (κ2) is 32.5. The monoisotopic (exact) mass is 1090 g/mol. The Hall–Kier alpha value is -4.09. The summed E-state index contributed by atoms with van der Waals surface area (Å²) >= 11 is 28.9. The number of hydrogen-bond acceptors (Lipinski definition) is 5. The quantitative estimate of drug-likeness (QED) is 0.00852. The highest BCUT2D eigenvalue weighted by Gasteiger charge is 2.29. The third kappa shape index (κ3) is 17.5. The van der Waals surface area contributed by atoms with Crippen LogP contribution in [0.5, 0.6) is 0 Å². The van der Waals surface area contributed by atoms with Crippen LogP contribution in [0.2, 0.25) is 20.1 Å². The molecule has 9 N–H and O–H groups in total. The van der Waals surface area contributed by atoms with Gasteiger partial charge in [0.1, 0.15) is 11.7 Å². The highest BCUT2D eigenvalue weighted by molar-refractivity contribution is 6.55. The number of hydrogen-bond donors (Lipinski definition) is 5. The van der Waals surface area contributed by atoms with E-state index in [1.54, 1.807) is 12.1 Å². The minimum absolute atomic E-state index is 0.00427. The van der Waals surface area contributed by atoms with Gasteiger partial charge in [-0.2, -0.15) is 0 Å². The number of rotatable bonds is 39. The van der Waals surface area contributed by atoms with Gasteiger partial charge in [0, 0.05) is 105 Å². The molecule has 0 heterocycles. The van der Waals surface area contributed by atoms with Gasteiger partial charge in [-0.3, -0.25) is 24.4 Å². The fourth-order valence-electron chi connectivity index (χ4n) is 10.8. The van der Waals surface area contributed by atoms with Crippen molar-refractivity contribution in [3.63, 3.8) is 0 Å². The first kappa shape index (κ1) is 60.8. The summed E-state index contributed by atoms with van der Waals surface area (Å²) in [4.78, 5) is 46.4. The molecule has 5 aromatic carbocycles. The molecule has 5 rings (SSSR count). The van der Waals surface area contributed by atoms with E-state index in [0.717, 1.165) is 57.8 Å². The lowest BCUT2D eigenvalue weighted by molar-refractivity contribution is -0.137. The van der Waals surface area contributed by atoms with E-state index in [-0.39, 0.29) is 48.9 Å². The topological polar surface area (TPSA) is 200 Å². The number of benzene rings is 5. The molecule has 10 nitrogen and oxygen atoms in total. The van der Waals surface area contributed by atoms with Gasteiger partial charge in [-0.25, -0.2) is 0 Å². The molecule has 0 saturated carbocycles. The van der Waals surface area contributed by atoms with E-state index in [4.69, 9.17) is 84.4 Å². The SMILES string of the molecule is CCCCCCCCCCCCCCCCCCN=C(N)c1cc(Cl)c2c3c(Cl)cc(C(N)=O)c4c(C(N)=O)cc(Cl)c(c5c(Cl)cc(C(N)=NCCCCCCCCCCCCCCCCCC(=O)O)c1c25)c43. The lowest BCUT2D eigenvalue weighted by Gasteiger charge is -2.23. The van der Waals surface area contributed by atoms with Gasteiger partial charge in [-0.15, -0.1) is 0 Å². The van der Waals surface area contributed by atoms with Crippen LogP contribution in [0.3, 0.4) is 0 Å². The maximum atomic E-state index is 13.0. The Kier molecular flexibility index (Phi) is 26.7. The highest BCUT2D eigenvalue weighted by atomic mass is 35.5. The second-order valence-corrected chi connectivity index (χ2v) is 22.3. The van der Waals surface area contributed by atoms with Crippen LogP contribution in [-0.4, -0.2) is 47.7 Å². The van der Waals surface area contributed by atoms with Crippen LogP contribution in [0.1, 0.15) is 244 Å². The van der Waals surface area contributed by atoms with Crippen molar-refractivity contribution in [1.82, 2.24) is 0 Å². The third-order valence-corrected chi connectivity index (χ3v) is 16.0. The predicted octanol–water partition coefficient (Wildman–Crippen LogP) is 17.5. The first-order valence-corrected chi connectivity index (χ1v) is 29.7. The van der Waals surface area contributed by atoms with Crippen molar-refractivity contribution >= 4 is 119 Å². The minimum atomic E-state index is -0.802. The molecule has 0 aromatic heterocycles. The molecule has 5 aromatic rings. The summed E-state index contributed by atoms with van der Waals surface area (Å²) in [5.74, 6) is -1.72. The Bertz CT molecular complexity index is 2610. The molecule has 0 radical (unpaired) electrons. The average Bonchev–Trinajstić information content (AvgIpc) is 3.36. The number of carboxylic acid groups (broad SMARTS) is 1. The van der Waals surface area contributed by atoms with Crippen LogP contribution >= 0.6 is 46.4 Å². The van der Waals surface area contributed by atoms with Crippen LogP contribution in [0.25, 0.3) is 43.1 Å². The Balaban J connectivity index is 1.29. The largest absolute Gasteiger partial charge is 0.481 e. The van der Waals surface area contributed by atoms with Gasteiger partial charge in [0.15, 0.2) is 0 Å². The summed E-state index contributed by atoms with van der Waals surface area (Å²) in [5.41, 5.74) is 26.9. The molecular formula is C60H84Cl4N6O4. The smallest absolute Gasteiger partial charge is 0.303 e. The number of halogens is 4. The van der Waals surface area contributed by atoms with Crippen LogP contribution in [0.15, 0.2) is 34.3 Å². The Morgan fingerprint density at radius 1 is 0.365 bits per heavy atom. The molecule has 74 heavy (non-hydrogen) atoms. The predicted molar refractivity (Wildman–Crippen MR) is 317 cm³/mol. The van der Waals surface area contributed by atoms with Crippen LogP contribution in [0.4, 0.5) is 0 Å². The summed E-state index contributed by atoms with van der Waals surface area (Å²) in [6.07, 6.45) is 37.9. The number of primary amides is 2. The van der Waals surface area contributed by atoms with Crippen molar-refractivity contribution in [1.29, 1.82) is 0 Å². The number of amides is 2. The molecule has 2 amide bonds. The van der Waals surface area contributed by atoms with Gasteiger partial charge in [-0.1, -0.05) is 233 Å². The summed E-state index contributed by atoms with van der Waals surface area (Å²) in [6, 6.07) is 6.40. The van der Waals surface area contributed by atoms with E-state index in [1.165, 1.54) is 153 Å². The molecule has 0 unspecified atom stereocenters. The Morgan fingerprint density at radius 2 is 0.608 bits per heavy atom. The molecule has 0 spiro atoms. The zero-order valence-corrected chi connectivity index (χ0v) is 47.3. The maximum Gasteiger partial charge on any atom is 0.303 e. The third-order valence-electron chi connectivity index (χ3n) is 14.8. The lowest BCUT2D eigenvalue weighted by Crippen LogP contribution is -2.20. The molecule has 0 aliphatic rings. The number of carbonyl (C=O) groups excluding carboxylic acids is 2. The summed E-state index contributed by atoms with van der Waals surface area (Å²) < 4.78 is 0. The molecule has 0 saturated heterocycles. The van der Waals surface area contributed by atoms with Gasteiger partial charge >= 0.3 is 5.97 Å². The number of amidine groups is 2. The van der Waals surface area contributed by atoms with E-state index in [2.05, 4.69) is 6.92 Å². The maximum absolute atomic E-state index is 13.0. The molecule has 0 aliphatic carbocycles. The van der Waals surface area contributed by atoms with Gasteiger partial charge in [0.05, 0.1) is 0 Å². The number of carboxylic acids is 1. The van der Waals surface area contributed by atoms with Crippen molar-refractivity contribution < 1.29 is 19.5 Å². The molecule has 14 heteroatoms. The first-order valence-electron chi connectivity index (χ1n) is 28.2. The van der Waals surface area contributed by atoms with Gasteiger partial charge in [0.2, 0.25) is 11.8 Å². The van der Waals surface area contributed by atoms with Gasteiger partial charge < -0.3 is 28.0 Å². The molecule has 406 valence electrons. The number of nitrogens with zero attached hydrogens (tertiary/aromatic N) is 2. The van der Waals surface area contributed by atoms with E-state index < -0.39 is 17.8 Å². The fourth-order valence-corrected chi connectivity index (χ4v) is 12.0. The fraction of sp³-hybridized carbons (Fsp3) is 0.583. The van der Waals surface area contributed by atoms with E-state index in [1.807, 2.05) is 0 Å². The van der Waals surface area contributed by atoms with Crippen LogP contribution in [0, 0.1) is 0 Å². The van der Waals surface area contributed by atoms with E-state index >= 15 is 0 Å². The summed E-state index contributed by atoms with van der Waals surface area (Å²) in [6.45, 7) is 3.33. The summed E-state index contributed by atoms with van der Waals surface area (Å²) in [5, 5.41) is 13.4. The van der Waals surface area contributed by atoms with E-state index in [9.17, 15) is 14.4 Å². The highest BCUT2D eigenvalue weighted by Crippen LogP contribution is 2.52. The van der Waals surface area contributed by atoms with Crippen molar-refractivity contribution in [2.45, 2.75) is 212 Å². The Morgan fingerprint density at radius 3 is 0.878 bits per heavy atom.